The third-order valence-electron chi connectivity index (χ3n) is 2.27. The molecule has 2 nitrogen and oxygen atoms in total. The Morgan fingerprint density at radius 2 is 1.69 bits per heavy atom. The van der Waals surface area contributed by atoms with E-state index in [1.54, 1.807) is 0 Å². The molecule has 0 fully saturated rings. The lowest BCUT2D eigenvalue weighted by atomic mass is 10.2. The van der Waals surface area contributed by atoms with E-state index in [1.807, 2.05) is 0 Å². The summed E-state index contributed by atoms with van der Waals surface area (Å²) in [4.78, 5) is 0. The molecule has 0 atom stereocenters. The highest BCUT2D eigenvalue weighted by Crippen LogP contribution is 2.09. The van der Waals surface area contributed by atoms with Crippen LogP contribution in [-0.4, -0.2) is 19.6 Å². The van der Waals surface area contributed by atoms with Crippen molar-refractivity contribution in [2.24, 2.45) is 5.92 Å². The van der Waals surface area contributed by atoms with Crippen LogP contribution in [-0.2, 0) is 6.54 Å². The highest BCUT2D eigenvalue weighted by atomic mass is 79.9. The summed E-state index contributed by atoms with van der Waals surface area (Å²) < 4.78 is 1.13. The Bertz CT molecular complexity index is 282. The second-order valence-electron chi connectivity index (χ2n) is 4.40. The van der Waals surface area contributed by atoms with Crippen LogP contribution in [0.5, 0.6) is 0 Å². The summed E-state index contributed by atoms with van der Waals surface area (Å²) >= 11 is 3.43. The largest absolute Gasteiger partial charge is 0.315 e. The molecule has 2 N–H and O–H groups in total. The minimum absolute atomic E-state index is 0.728. The van der Waals surface area contributed by atoms with Gasteiger partial charge in [0.25, 0.3) is 0 Å². The molecule has 90 valence electrons. The van der Waals surface area contributed by atoms with Crippen LogP contribution in [0.15, 0.2) is 28.7 Å². The van der Waals surface area contributed by atoms with Gasteiger partial charge in [-0.15, -0.1) is 0 Å². The van der Waals surface area contributed by atoms with Gasteiger partial charge in [-0.25, -0.2) is 0 Å². The average Bonchev–Trinajstić information content (AvgIpc) is 2.25. The standard InChI is InChI=1S/C13H21BrN2/c1-11(2)9-15-7-8-16-10-12-3-5-13(14)6-4-12/h3-6,11,15-16H,7-10H2,1-2H3. The summed E-state index contributed by atoms with van der Waals surface area (Å²) in [6.45, 7) is 8.54. The van der Waals surface area contributed by atoms with Gasteiger partial charge in [0.15, 0.2) is 0 Å². The lowest BCUT2D eigenvalue weighted by Gasteiger charge is -2.08. The van der Waals surface area contributed by atoms with Crippen molar-refractivity contribution in [2.75, 3.05) is 19.6 Å². The smallest absolute Gasteiger partial charge is 0.0206 e. The van der Waals surface area contributed by atoms with E-state index in [0.717, 1.165) is 36.6 Å². The van der Waals surface area contributed by atoms with Gasteiger partial charge in [-0.1, -0.05) is 41.9 Å². The van der Waals surface area contributed by atoms with Crippen LogP contribution in [0.25, 0.3) is 0 Å². The summed E-state index contributed by atoms with van der Waals surface area (Å²) in [5, 5.41) is 6.83. The number of rotatable bonds is 7. The molecule has 1 aromatic carbocycles. The molecule has 0 aliphatic heterocycles. The Balaban J connectivity index is 2.05. The lowest BCUT2D eigenvalue weighted by Crippen LogP contribution is -2.29. The number of benzene rings is 1. The van der Waals surface area contributed by atoms with Crippen molar-refractivity contribution in [1.29, 1.82) is 0 Å². The van der Waals surface area contributed by atoms with Crippen LogP contribution >= 0.6 is 15.9 Å². The van der Waals surface area contributed by atoms with Crippen LogP contribution in [0.1, 0.15) is 19.4 Å². The minimum atomic E-state index is 0.728. The van der Waals surface area contributed by atoms with Gasteiger partial charge < -0.3 is 10.6 Å². The number of halogens is 1. The maximum absolute atomic E-state index is 3.43. The van der Waals surface area contributed by atoms with Gasteiger partial charge in [0.1, 0.15) is 0 Å². The van der Waals surface area contributed by atoms with Gasteiger partial charge in [-0.05, 0) is 30.2 Å². The molecule has 16 heavy (non-hydrogen) atoms. The quantitative estimate of drug-likeness (QED) is 0.753. The van der Waals surface area contributed by atoms with Gasteiger partial charge in [-0.3, -0.25) is 0 Å². The van der Waals surface area contributed by atoms with Crippen LogP contribution in [0.3, 0.4) is 0 Å². The molecule has 0 heterocycles. The summed E-state index contributed by atoms with van der Waals surface area (Å²) in [5.41, 5.74) is 1.33. The molecular formula is C13H21BrN2. The van der Waals surface area contributed by atoms with Crippen LogP contribution in [0.2, 0.25) is 0 Å². The maximum atomic E-state index is 3.43. The first-order valence-corrected chi connectivity index (χ1v) is 6.63. The summed E-state index contributed by atoms with van der Waals surface area (Å²) in [7, 11) is 0. The molecule has 0 aromatic heterocycles. The van der Waals surface area contributed by atoms with Crippen molar-refractivity contribution in [3.63, 3.8) is 0 Å². The molecule has 0 saturated carbocycles. The zero-order valence-corrected chi connectivity index (χ0v) is 11.7. The zero-order chi connectivity index (χ0) is 11.8. The molecule has 0 radical (unpaired) electrons. The van der Waals surface area contributed by atoms with E-state index in [1.165, 1.54) is 5.56 Å². The highest BCUT2D eigenvalue weighted by molar-refractivity contribution is 9.10. The molecular weight excluding hydrogens is 264 g/mol. The summed E-state index contributed by atoms with van der Waals surface area (Å²) in [5.74, 6) is 0.728. The van der Waals surface area contributed by atoms with Gasteiger partial charge in [0, 0.05) is 24.1 Å². The van der Waals surface area contributed by atoms with Crippen LogP contribution in [0, 0.1) is 5.92 Å². The monoisotopic (exact) mass is 284 g/mol. The van der Waals surface area contributed by atoms with Crippen molar-refractivity contribution in [1.82, 2.24) is 10.6 Å². The zero-order valence-electron chi connectivity index (χ0n) is 10.1. The van der Waals surface area contributed by atoms with E-state index >= 15 is 0 Å². The van der Waals surface area contributed by atoms with E-state index in [4.69, 9.17) is 0 Å². The average molecular weight is 285 g/mol. The molecule has 0 saturated heterocycles. The van der Waals surface area contributed by atoms with Crippen LogP contribution in [0.4, 0.5) is 0 Å². The number of nitrogens with one attached hydrogen (secondary N) is 2. The SMILES string of the molecule is CC(C)CNCCNCc1ccc(Br)cc1. The number of hydrogen-bond acceptors (Lipinski definition) is 2. The third-order valence-corrected chi connectivity index (χ3v) is 2.80. The normalized spacial score (nSPS) is 11.0. The summed E-state index contributed by atoms with van der Waals surface area (Å²) in [6.07, 6.45) is 0. The highest BCUT2D eigenvalue weighted by Gasteiger charge is 1.94. The predicted octanol–water partition coefficient (Wildman–Crippen LogP) is 2.78. The fraction of sp³-hybridized carbons (Fsp3) is 0.538. The Morgan fingerprint density at radius 1 is 1.06 bits per heavy atom. The molecule has 0 aliphatic carbocycles. The van der Waals surface area contributed by atoms with E-state index in [9.17, 15) is 0 Å². The van der Waals surface area contributed by atoms with E-state index < -0.39 is 0 Å². The van der Waals surface area contributed by atoms with E-state index in [0.29, 0.717) is 0 Å². The molecule has 0 bridgehead atoms. The fourth-order valence-corrected chi connectivity index (χ4v) is 1.67. The van der Waals surface area contributed by atoms with Gasteiger partial charge >= 0.3 is 0 Å². The first-order valence-electron chi connectivity index (χ1n) is 5.84. The van der Waals surface area contributed by atoms with Crippen molar-refractivity contribution in [3.8, 4) is 0 Å². The minimum Gasteiger partial charge on any atom is -0.315 e. The second-order valence-corrected chi connectivity index (χ2v) is 5.32. The van der Waals surface area contributed by atoms with Crippen molar-refractivity contribution in [3.05, 3.63) is 34.3 Å². The molecule has 3 heteroatoms. The summed E-state index contributed by atoms with van der Waals surface area (Å²) in [6, 6.07) is 8.43. The van der Waals surface area contributed by atoms with Gasteiger partial charge in [0.2, 0.25) is 0 Å². The molecule has 0 spiro atoms. The van der Waals surface area contributed by atoms with Crippen molar-refractivity contribution >= 4 is 15.9 Å². The fourth-order valence-electron chi connectivity index (χ4n) is 1.40. The van der Waals surface area contributed by atoms with Gasteiger partial charge in [0.05, 0.1) is 0 Å². The van der Waals surface area contributed by atoms with E-state index in [2.05, 4.69) is 64.7 Å². The molecule has 0 unspecified atom stereocenters. The lowest BCUT2D eigenvalue weighted by molar-refractivity contribution is 0.535. The molecule has 0 amide bonds. The van der Waals surface area contributed by atoms with Crippen LogP contribution < -0.4 is 10.6 Å². The third kappa shape index (κ3) is 6.26. The Labute approximate surface area is 107 Å². The van der Waals surface area contributed by atoms with Gasteiger partial charge in [-0.2, -0.15) is 0 Å². The maximum Gasteiger partial charge on any atom is 0.0206 e. The Morgan fingerprint density at radius 3 is 2.31 bits per heavy atom. The van der Waals surface area contributed by atoms with Crippen molar-refractivity contribution < 1.29 is 0 Å². The van der Waals surface area contributed by atoms with Crippen molar-refractivity contribution in [2.45, 2.75) is 20.4 Å². The molecule has 0 aliphatic rings. The first kappa shape index (κ1) is 13.7. The Kier molecular flexibility index (Phi) is 6.69. The first-order chi connectivity index (χ1) is 7.68. The molecule has 1 aromatic rings. The molecule has 1 rings (SSSR count). The topological polar surface area (TPSA) is 24.1 Å². The predicted molar refractivity (Wildman–Crippen MR) is 73.6 cm³/mol. The Hall–Kier alpha value is -0.380. The van der Waals surface area contributed by atoms with E-state index in [-0.39, 0.29) is 0 Å². The number of hydrogen-bond donors (Lipinski definition) is 2. The second kappa shape index (κ2) is 7.82.